The first-order chi connectivity index (χ1) is 7.04. The average molecular weight is 246 g/mol. The highest BCUT2D eigenvalue weighted by atomic mass is 35.5. The molecule has 2 unspecified atom stereocenters. The fourth-order valence-corrected chi connectivity index (χ4v) is 2.32. The lowest BCUT2D eigenvalue weighted by atomic mass is 10.2. The van der Waals surface area contributed by atoms with Crippen molar-refractivity contribution in [3.63, 3.8) is 0 Å². The van der Waals surface area contributed by atoms with Gasteiger partial charge in [0.05, 0.1) is 11.1 Å². The van der Waals surface area contributed by atoms with Gasteiger partial charge < -0.3 is 10.8 Å². The van der Waals surface area contributed by atoms with Gasteiger partial charge >= 0.3 is 0 Å². The van der Waals surface area contributed by atoms with Crippen LogP contribution in [-0.4, -0.2) is 16.5 Å². The summed E-state index contributed by atoms with van der Waals surface area (Å²) in [5.74, 6) is 0. The second-order valence-corrected chi connectivity index (χ2v) is 5.36. The van der Waals surface area contributed by atoms with Gasteiger partial charge in [0.15, 0.2) is 0 Å². The monoisotopic (exact) mass is 245 g/mol. The molecule has 0 aliphatic rings. The summed E-state index contributed by atoms with van der Waals surface area (Å²) in [5, 5.41) is 10.2. The number of halogens is 1. The third kappa shape index (κ3) is 3.68. The summed E-state index contributed by atoms with van der Waals surface area (Å²) in [6, 6.07) is 5.79. The van der Waals surface area contributed by atoms with E-state index >= 15 is 0 Å². The van der Waals surface area contributed by atoms with E-state index in [1.807, 2.05) is 25.1 Å². The molecule has 84 valence electrons. The summed E-state index contributed by atoms with van der Waals surface area (Å²) in [5.41, 5.74) is 6.54. The molecule has 3 N–H and O–H groups in total. The van der Waals surface area contributed by atoms with Crippen LogP contribution in [0.25, 0.3) is 0 Å². The van der Waals surface area contributed by atoms with Crippen molar-refractivity contribution < 1.29 is 5.11 Å². The van der Waals surface area contributed by atoms with Gasteiger partial charge in [-0.3, -0.25) is 0 Å². The van der Waals surface area contributed by atoms with Crippen LogP contribution >= 0.6 is 23.4 Å². The standard InChI is InChI=1S/C11H16ClNOS/c1-7(14)8(2)15-11-4-3-9(6-13)5-10(11)12/h3-5,7-8,14H,6,13H2,1-2H3. The van der Waals surface area contributed by atoms with Gasteiger partial charge in [0.1, 0.15) is 0 Å². The third-order valence-corrected chi connectivity index (χ3v) is 4.02. The lowest BCUT2D eigenvalue weighted by Crippen LogP contribution is -2.14. The molecule has 2 nitrogen and oxygen atoms in total. The lowest BCUT2D eigenvalue weighted by Gasteiger charge is -2.15. The minimum absolute atomic E-state index is 0.131. The highest BCUT2D eigenvalue weighted by molar-refractivity contribution is 8.00. The van der Waals surface area contributed by atoms with Crippen LogP contribution in [0.2, 0.25) is 5.02 Å². The molecule has 0 amide bonds. The Morgan fingerprint density at radius 1 is 1.47 bits per heavy atom. The van der Waals surface area contributed by atoms with E-state index < -0.39 is 0 Å². The summed E-state index contributed by atoms with van der Waals surface area (Å²) < 4.78 is 0. The molecule has 1 aromatic rings. The number of aliphatic hydroxyl groups excluding tert-OH is 1. The van der Waals surface area contributed by atoms with E-state index in [4.69, 9.17) is 17.3 Å². The summed E-state index contributed by atoms with van der Waals surface area (Å²) >= 11 is 7.67. The van der Waals surface area contributed by atoms with Crippen LogP contribution in [0.5, 0.6) is 0 Å². The van der Waals surface area contributed by atoms with Gasteiger partial charge in [-0.1, -0.05) is 24.6 Å². The van der Waals surface area contributed by atoms with Crippen molar-refractivity contribution in [3.8, 4) is 0 Å². The van der Waals surface area contributed by atoms with Crippen molar-refractivity contribution in [2.24, 2.45) is 5.73 Å². The third-order valence-electron chi connectivity index (χ3n) is 2.22. The largest absolute Gasteiger partial charge is 0.392 e. The van der Waals surface area contributed by atoms with Crippen LogP contribution < -0.4 is 5.73 Å². The zero-order chi connectivity index (χ0) is 11.4. The Labute approximate surface area is 99.8 Å². The Morgan fingerprint density at radius 3 is 2.60 bits per heavy atom. The molecule has 0 fully saturated rings. The van der Waals surface area contributed by atoms with Crippen LogP contribution in [0, 0.1) is 0 Å². The molecule has 15 heavy (non-hydrogen) atoms. The number of thioether (sulfide) groups is 1. The molecule has 1 rings (SSSR count). The minimum atomic E-state index is -0.347. The Bertz CT molecular complexity index is 330. The second-order valence-electron chi connectivity index (χ2n) is 3.53. The van der Waals surface area contributed by atoms with Crippen LogP contribution in [0.15, 0.2) is 23.1 Å². The number of benzene rings is 1. The van der Waals surface area contributed by atoms with Gasteiger partial charge in [-0.15, -0.1) is 11.8 Å². The topological polar surface area (TPSA) is 46.2 Å². The molecule has 0 radical (unpaired) electrons. The number of nitrogens with two attached hydrogens (primary N) is 1. The van der Waals surface area contributed by atoms with E-state index in [0.29, 0.717) is 11.6 Å². The maximum atomic E-state index is 9.39. The normalized spacial score (nSPS) is 15.0. The van der Waals surface area contributed by atoms with Crippen LogP contribution in [0.3, 0.4) is 0 Å². The fourth-order valence-electron chi connectivity index (χ4n) is 1.07. The number of hydrogen-bond acceptors (Lipinski definition) is 3. The number of rotatable bonds is 4. The van der Waals surface area contributed by atoms with Crippen LogP contribution in [0.1, 0.15) is 19.4 Å². The van der Waals surface area contributed by atoms with Crippen molar-refractivity contribution in [2.45, 2.75) is 36.6 Å². The number of hydrogen-bond donors (Lipinski definition) is 2. The summed E-state index contributed by atoms with van der Waals surface area (Å²) in [4.78, 5) is 0.988. The Hall–Kier alpha value is -0.220. The van der Waals surface area contributed by atoms with Gasteiger partial charge in [-0.2, -0.15) is 0 Å². The van der Waals surface area contributed by atoms with Crippen molar-refractivity contribution >= 4 is 23.4 Å². The van der Waals surface area contributed by atoms with Crippen LogP contribution in [-0.2, 0) is 6.54 Å². The van der Waals surface area contributed by atoms with E-state index in [9.17, 15) is 5.11 Å². The summed E-state index contributed by atoms with van der Waals surface area (Å²) in [6.07, 6.45) is -0.347. The van der Waals surface area contributed by atoms with Gasteiger partial charge in [-0.25, -0.2) is 0 Å². The molecule has 2 atom stereocenters. The highest BCUT2D eigenvalue weighted by Crippen LogP contribution is 2.32. The zero-order valence-electron chi connectivity index (χ0n) is 8.90. The molecule has 1 aromatic carbocycles. The van der Waals surface area contributed by atoms with E-state index in [0.717, 1.165) is 10.5 Å². The van der Waals surface area contributed by atoms with E-state index in [2.05, 4.69) is 0 Å². The van der Waals surface area contributed by atoms with Crippen molar-refractivity contribution in [1.82, 2.24) is 0 Å². The van der Waals surface area contributed by atoms with Crippen molar-refractivity contribution in [2.75, 3.05) is 0 Å². The second kappa shape index (κ2) is 5.75. The smallest absolute Gasteiger partial charge is 0.0631 e. The van der Waals surface area contributed by atoms with E-state index in [1.54, 1.807) is 18.7 Å². The molecular weight excluding hydrogens is 230 g/mol. The first kappa shape index (κ1) is 12.8. The molecule has 0 heterocycles. The molecule has 0 saturated carbocycles. The Kier molecular flexibility index (Phi) is 4.93. The predicted molar refractivity (Wildman–Crippen MR) is 66.3 cm³/mol. The predicted octanol–water partition coefficient (Wildman–Crippen LogP) is 2.66. The molecule has 0 aliphatic carbocycles. The van der Waals surface area contributed by atoms with Crippen molar-refractivity contribution in [3.05, 3.63) is 28.8 Å². The molecule has 0 aliphatic heterocycles. The first-order valence-electron chi connectivity index (χ1n) is 4.87. The highest BCUT2D eigenvalue weighted by Gasteiger charge is 2.12. The van der Waals surface area contributed by atoms with E-state index in [-0.39, 0.29) is 11.4 Å². The Balaban J connectivity index is 2.78. The summed E-state index contributed by atoms with van der Waals surface area (Å²) in [7, 11) is 0. The molecule has 0 saturated heterocycles. The molecular formula is C11H16ClNOS. The molecule has 0 spiro atoms. The molecule has 4 heteroatoms. The van der Waals surface area contributed by atoms with Gasteiger partial charge in [-0.05, 0) is 24.6 Å². The van der Waals surface area contributed by atoms with Crippen molar-refractivity contribution in [1.29, 1.82) is 0 Å². The lowest BCUT2D eigenvalue weighted by molar-refractivity contribution is 0.196. The number of aliphatic hydroxyl groups is 1. The zero-order valence-corrected chi connectivity index (χ0v) is 10.5. The first-order valence-corrected chi connectivity index (χ1v) is 6.13. The molecule has 0 bridgehead atoms. The van der Waals surface area contributed by atoms with Crippen LogP contribution in [0.4, 0.5) is 0 Å². The average Bonchev–Trinajstić information content (AvgIpc) is 2.20. The summed E-state index contributed by atoms with van der Waals surface area (Å²) in [6.45, 7) is 4.25. The molecule has 0 aromatic heterocycles. The fraction of sp³-hybridized carbons (Fsp3) is 0.455. The SMILES string of the molecule is CC(O)C(C)Sc1ccc(CN)cc1Cl. The van der Waals surface area contributed by atoms with Gasteiger partial charge in [0.2, 0.25) is 0 Å². The maximum Gasteiger partial charge on any atom is 0.0631 e. The minimum Gasteiger partial charge on any atom is -0.392 e. The van der Waals surface area contributed by atoms with Gasteiger partial charge in [0.25, 0.3) is 0 Å². The Morgan fingerprint density at radius 2 is 2.13 bits per heavy atom. The van der Waals surface area contributed by atoms with E-state index in [1.165, 1.54) is 0 Å². The quantitative estimate of drug-likeness (QED) is 0.802. The van der Waals surface area contributed by atoms with Gasteiger partial charge in [0, 0.05) is 16.7 Å². The maximum absolute atomic E-state index is 9.39.